The van der Waals surface area contributed by atoms with Crippen molar-refractivity contribution < 1.29 is 4.74 Å². The van der Waals surface area contributed by atoms with Crippen LogP contribution in [0.3, 0.4) is 0 Å². The van der Waals surface area contributed by atoms with Gasteiger partial charge in [0.25, 0.3) is 0 Å². The van der Waals surface area contributed by atoms with E-state index in [4.69, 9.17) is 4.74 Å². The topological polar surface area (TPSA) is 34.1 Å². The third kappa shape index (κ3) is 4.07. The quantitative estimate of drug-likeness (QED) is 0.807. The van der Waals surface area contributed by atoms with Crippen LogP contribution in [0.2, 0.25) is 0 Å². The van der Waals surface area contributed by atoms with Crippen LogP contribution in [-0.4, -0.2) is 18.6 Å². The molecular formula is C16H20N2O. The molecule has 1 N–H and O–H groups in total. The summed E-state index contributed by atoms with van der Waals surface area (Å²) < 4.78 is 5.14. The molecule has 100 valence electrons. The third-order valence-electron chi connectivity index (χ3n) is 3.21. The highest BCUT2D eigenvalue weighted by molar-refractivity contribution is 5.27. The number of aryl methyl sites for hydroxylation is 1. The molecular weight excluding hydrogens is 236 g/mol. The molecule has 0 aliphatic carbocycles. The van der Waals surface area contributed by atoms with E-state index >= 15 is 0 Å². The number of rotatable bonds is 6. The van der Waals surface area contributed by atoms with E-state index in [0.717, 1.165) is 25.3 Å². The van der Waals surface area contributed by atoms with Crippen LogP contribution in [0.25, 0.3) is 0 Å². The molecule has 2 aromatic rings. The van der Waals surface area contributed by atoms with Crippen LogP contribution in [0.1, 0.15) is 16.7 Å². The fraction of sp³-hybridized carbons (Fsp3) is 0.312. The second-order valence-corrected chi connectivity index (χ2v) is 4.58. The molecule has 1 aromatic heterocycles. The monoisotopic (exact) mass is 256 g/mol. The Hall–Kier alpha value is -1.87. The molecule has 0 unspecified atom stereocenters. The number of hydrogen-bond donors (Lipinski definition) is 1. The van der Waals surface area contributed by atoms with Gasteiger partial charge >= 0.3 is 0 Å². The van der Waals surface area contributed by atoms with Crippen molar-refractivity contribution in [3.8, 4) is 5.75 Å². The first kappa shape index (κ1) is 13.6. The average Bonchev–Trinajstić information content (AvgIpc) is 2.46. The Bertz CT molecular complexity index is 508. The first-order valence-corrected chi connectivity index (χ1v) is 6.53. The first-order chi connectivity index (χ1) is 9.29. The Kier molecular flexibility index (Phi) is 4.93. The second kappa shape index (κ2) is 6.90. The highest BCUT2D eigenvalue weighted by Crippen LogP contribution is 2.11. The van der Waals surface area contributed by atoms with Gasteiger partial charge in [0, 0.05) is 18.9 Å². The van der Waals surface area contributed by atoms with Crippen LogP contribution in [0.5, 0.6) is 5.75 Å². The summed E-state index contributed by atoms with van der Waals surface area (Å²) in [4.78, 5) is 4.15. The predicted octanol–water partition coefficient (Wildman–Crippen LogP) is 2.73. The summed E-state index contributed by atoms with van der Waals surface area (Å²) >= 11 is 0. The van der Waals surface area contributed by atoms with Crippen molar-refractivity contribution in [2.45, 2.75) is 19.9 Å². The molecule has 0 spiro atoms. The van der Waals surface area contributed by atoms with Crippen LogP contribution >= 0.6 is 0 Å². The van der Waals surface area contributed by atoms with Crippen LogP contribution in [0, 0.1) is 6.92 Å². The largest absolute Gasteiger partial charge is 0.497 e. The minimum absolute atomic E-state index is 0.871. The predicted molar refractivity (Wildman–Crippen MR) is 77.4 cm³/mol. The van der Waals surface area contributed by atoms with Gasteiger partial charge in [-0.1, -0.05) is 12.1 Å². The normalized spacial score (nSPS) is 10.4. The van der Waals surface area contributed by atoms with Gasteiger partial charge in [0.05, 0.1) is 7.11 Å². The Balaban J connectivity index is 1.76. The maximum atomic E-state index is 5.14. The van der Waals surface area contributed by atoms with Gasteiger partial charge < -0.3 is 10.1 Å². The number of methoxy groups -OCH3 is 1. The molecule has 0 aliphatic heterocycles. The molecule has 0 radical (unpaired) electrons. The zero-order valence-corrected chi connectivity index (χ0v) is 11.5. The van der Waals surface area contributed by atoms with Crippen LogP contribution in [-0.2, 0) is 13.0 Å². The molecule has 0 saturated heterocycles. The van der Waals surface area contributed by atoms with Gasteiger partial charge in [-0.3, -0.25) is 4.98 Å². The number of nitrogens with one attached hydrogen (secondary N) is 1. The van der Waals surface area contributed by atoms with Gasteiger partial charge in [0.2, 0.25) is 0 Å². The van der Waals surface area contributed by atoms with Gasteiger partial charge in [-0.2, -0.15) is 0 Å². The van der Waals surface area contributed by atoms with Gasteiger partial charge in [-0.05, 0) is 54.8 Å². The van der Waals surface area contributed by atoms with Crippen molar-refractivity contribution in [1.29, 1.82) is 0 Å². The number of aromatic nitrogens is 1. The summed E-state index contributed by atoms with van der Waals surface area (Å²) in [6.07, 6.45) is 4.77. The Morgan fingerprint density at radius 3 is 2.63 bits per heavy atom. The van der Waals surface area contributed by atoms with Gasteiger partial charge in [-0.15, -0.1) is 0 Å². The summed E-state index contributed by atoms with van der Waals surface area (Å²) in [5.74, 6) is 0.905. The van der Waals surface area contributed by atoms with Crippen LogP contribution in [0.4, 0.5) is 0 Å². The van der Waals surface area contributed by atoms with Crippen LogP contribution < -0.4 is 10.1 Å². The first-order valence-electron chi connectivity index (χ1n) is 6.53. The summed E-state index contributed by atoms with van der Waals surface area (Å²) in [6.45, 7) is 3.94. The van der Waals surface area contributed by atoms with E-state index in [9.17, 15) is 0 Å². The minimum Gasteiger partial charge on any atom is -0.497 e. The van der Waals surface area contributed by atoms with Crippen molar-refractivity contribution >= 4 is 0 Å². The molecule has 0 bridgehead atoms. The highest BCUT2D eigenvalue weighted by Gasteiger charge is 1.98. The lowest BCUT2D eigenvalue weighted by molar-refractivity contribution is 0.414. The second-order valence-electron chi connectivity index (χ2n) is 4.58. The fourth-order valence-electron chi connectivity index (χ4n) is 1.93. The molecule has 1 heterocycles. The van der Waals surface area contributed by atoms with Gasteiger partial charge in [0.1, 0.15) is 5.75 Å². The lowest BCUT2D eigenvalue weighted by Gasteiger charge is -2.07. The van der Waals surface area contributed by atoms with E-state index in [1.54, 1.807) is 7.11 Å². The highest BCUT2D eigenvalue weighted by atomic mass is 16.5. The van der Waals surface area contributed by atoms with E-state index < -0.39 is 0 Å². The molecule has 0 fully saturated rings. The van der Waals surface area contributed by atoms with Gasteiger partial charge in [0.15, 0.2) is 0 Å². The zero-order valence-electron chi connectivity index (χ0n) is 11.5. The van der Waals surface area contributed by atoms with Crippen molar-refractivity contribution in [3.63, 3.8) is 0 Å². The molecule has 3 nitrogen and oxygen atoms in total. The molecule has 0 amide bonds. The number of ether oxygens (including phenoxy) is 1. The zero-order chi connectivity index (χ0) is 13.5. The SMILES string of the molecule is COc1ccc(CCNCc2cnccc2C)cc1. The van der Waals surface area contributed by atoms with E-state index in [-0.39, 0.29) is 0 Å². The summed E-state index contributed by atoms with van der Waals surface area (Å²) in [6, 6.07) is 10.3. The number of benzene rings is 1. The van der Waals surface area contributed by atoms with Crippen LogP contribution in [0.15, 0.2) is 42.7 Å². The van der Waals surface area contributed by atoms with E-state index in [1.165, 1.54) is 16.7 Å². The number of hydrogen-bond acceptors (Lipinski definition) is 3. The molecule has 2 rings (SSSR count). The summed E-state index contributed by atoms with van der Waals surface area (Å²) in [7, 11) is 1.69. The molecule has 1 aromatic carbocycles. The lowest BCUT2D eigenvalue weighted by Crippen LogP contribution is -2.17. The van der Waals surface area contributed by atoms with E-state index in [2.05, 4.69) is 29.4 Å². The molecule has 0 aliphatic rings. The third-order valence-corrected chi connectivity index (χ3v) is 3.21. The molecule has 3 heteroatoms. The van der Waals surface area contributed by atoms with Crippen molar-refractivity contribution in [2.75, 3.05) is 13.7 Å². The standard InChI is InChI=1S/C16H20N2O/c1-13-7-9-17-11-15(13)12-18-10-8-14-3-5-16(19-2)6-4-14/h3-7,9,11,18H,8,10,12H2,1-2H3. The minimum atomic E-state index is 0.871. The maximum absolute atomic E-state index is 5.14. The fourth-order valence-corrected chi connectivity index (χ4v) is 1.93. The molecule has 0 atom stereocenters. The molecule has 0 saturated carbocycles. The van der Waals surface area contributed by atoms with E-state index in [0.29, 0.717) is 0 Å². The van der Waals surface area contributed by atoms with Crippen molar-refractivity contribution in [1.82, 2.24) is 10.3 Å². The van der Waals surface area contributed by atoms with E-state index in [1.807, 2.05) is 30.6 Å². The Morgan fingerprint density at radius 2 is 1.95 bits per heavy atom. The smallest absolute Gasteiger partial charge is 0.118 e. The maximum Gasteiger partial charge on any atom is 0.118 e. The van der Waals surface area contributed by atoms with Gasteiger partial charge in [-0.25, -0.2) is 0 Å². The lowest BCUT2D eigenvalue weighted by atomic mass is 10.1. The van der Waals surface area contributed by atoms with Crippen molar-refractivity contribution in [2.24, 2.45) is 0 Å². The average molecular weight is 256 g/mol. The number of pyridine rings is 1. The molecule has 19 heavy (non-hydrogen) atoms. The Morgan fingerprint density at radius 1 is 1.16 bits per heavy atom. The summed E-state index contributed by atoms with van der Waals surface area (Å²) in [5.41, 5.74) is 3.86. The number of nitrogens with zero attached hydrogens (tertiary/aromatic N) is 1. The Labute approximate surface area is 114 Å². The summed E-state index contributed by atoms with van der Waals surface area (Å²) in [5, 5.41) is 3.45. The van der Waals surface area contributed by atoms with Crippen molar-refractivity contribution in [3.05, 3.63) is 59.4 Å².